The Hall–Kier alpha value is -1.36. The Labute approximate surface area is 134 Å². The standard InChI is InChI=1S/C16H19ClN2OS/c1-2-19(11-14-7-8-15(17)21-14)16(20)13-5-3-12(4-6-13)9-10-18/h3-8H,2,9-11,18H2,1H3. The van der Waals surface area contributed by atoms with E-state index in [1.165, 1.54) is 11.3 Å². The zero-order chi connectivity index (χ0) is 15.2. The number of rotatable bonds is 6. The molecular weight excluding hydrogens is 304 g/mol. The minimum absolute atomic E-state index is 0.0429. The molecule has 2 rings (SSSR count). The number of hydrogen-bond donors (Lipinski definition) is 1. The van der Waals surface area contributed by atoms with Gasteiger partial charge in [-0.3, -0.25) is 4.79 Å². The summed E-state index contributed by atoms with van der Waals surface area (Å²) in [4.78, 5) is 15.4. The van der Waals surface area contributed by atoms with Gasteiger partial charge in [-0.05, 0) is 49.7 Å². The van der Waals surface area contributed by atoms with Crippen LogP contribution in [0.15, 0.2) is 36.4 Å². The first-order valence-corrected chi connectivity index (χ1v) is 8.16. The lowest BCUT2D eigenvalue weighted by Gasteiger charge is -2.20. The third-order valence-electron chi connectivity index (χ3n) is 3.28. The minimum Gasteiger partial charge on any atom is -0.334 e. The summed E-state index contributed by atoms with van der Waals surface area (Å²) in [6.45, 7) is 3.86. The van der Waals surface area contributed by atoms with Crippen LogP contribution < -0.4 is 5.73 Å². The summed E-state index contributed by atoms with van der Waals surface area (Å²) < 4.78 is 0.750. The van der Waals surface area contributed by atoms with Crippen molar-refractivity contribution in [1.29, 1.82) is 0 Å². The lowest BCUT2D eigenvalue weighted by atomic mass is 10.1. The number of carbonyl (C=O) groups is 1. The molecule has 0 aliphatic rings. The van der Waals surface area contributed by atoms with E-state index in [-0.39, 0.29) is 5.91 Å². The monoisotopic (exact) mass is 322 g/mol. The number of hydrogen-bond acceptors (Lipinski definition) is 3. The first-order chi connectivity index (χ1) is 10.1. The predicted molar refractivity (Wildman–Crippen MR) is 88.9 cm³/mol. The predicted octanol–water partition coefficient (Wildman–Crippen LogP) is 3.57. The van der Waals surface area contributed by atoms with Crippen molar-refractivity contribution in [3.8, 4) is 0 Å². The summed E-state index contributed by atoms with van der Waals surface area (Å²) in [5, 5.41) is 0. The summed E-state index contributed by atoms with van der Waals surface area (Å²) in [6, 6.07) is 11.5. The zero-order valence-corrected chi connectivity index (χ0v) is 13.6. The van der Waals surface area contributed by atoms with Crippen molar-refractivity contribution in [2.24, 2.45) is 5.73 Å². The summed E-state index contributed by atoms with van der Waals surface area (Å²) in [7, 11) is 0. The second-order valence-electron chi connectivity index (χ2n) is 4.76. The summed E-state index contributed by atoms with van der Waals surface area (Å²) in [5.41, 5.74) is 7.39. The van der Waals surface area contributed by atoms with Crippen LogP contribution in [0.2, 0.25) is 4.34 Å². The quantitative estimate of drug-likeness (QED) is 0.883. The average molecular weight is 323 g/mol. The highest BCUT2D eigenvalue weighted by Gasteiger charge is 2.15. The van der Waals surface area contributed by atoms with Crippen molar-refractivity contribution in [2.45, 2.75) is 19.9 Å². The highest BCUT2D eigenvalue weighted by molar-refractivity contribution is 7.16. The zero-order valence-electron chi connectivity index (χ0n) is 12.0. The van der Waals surface area contributed by atoms with Crippen LogP contribution in [0.5, 0.6) is 0 Å². The van der Waals surface area contributed by atoms with Crippen molar-refractivity contribution < 1.29 is 4.79 Å². The van der Waals surface area contributed by atoms with Gasteiger partial charge in [-0.1, -0.05) is 23.7 Å². The van der Waals surface area contributed by atoms with Crippen LogP contribution in [-0.4, -0.2) is 23.9 Å². The Kier molecular flexibility index (Phi) is 5.79. The van der Waals surface area contributed by atoms with Gasteiger partial charge in [0.1, 0.15) is 0 Å². The van der Waals surface area contributed by atoms with E-state index in [2.05, 4.69) is 0 Å². The van der Waals surface area contributed by atoms with Crippen LogP contribution in [0.4, 0.5) is 0 Å². The summed E-state index contributed by atoms with van der Waals surface area (Å²) in [5.74, 6) is 0.0429. The fraction of sp³-hybridized carbons (Fsp3) is 0.312. The van der Waals surface area contributed by atoms with Gasteiger partial charge in [0.05, 0.1) is 10.9 Å². The Morgan fingerprint density at radius 2 is 1.95 bits per heavy atom. The molecule has 0 fully saturated rings. The van der Waals surface area contributed by atoms with Crippen LogP contribution in [0.25, 0.3) is 0 Å². The SMILES string of the molecule is CCN(Cc1ccc(Cl)s1)C(=O)c1ccc(CCN)cc1. The molecule has 112 valence electrons. The van der Waals surface area contributed by atoms with Gasteiger partial charge in [0, 0.05) is 17.0 Å². The Morgan fingerprint density at radius 3 is 2.48 bits per heavy atom. The molecule has 21 heavy (non-hydrogen) atoms. The number of halogens is 1. The molecular formula is C16H19ClN2OS. The maximum atomic E-state index is 12.5. The van der Waals surface area contributed by atoms with Crippen molar-refractivity contribution >= 4 is 28.8 Å². The molecule has 1 heterocycles. The number of nitrogens with zero attached hydrogens (tertiary/aromatic N) is 1. The van der Waals surface area contributed by atoms with Crippen molar-refractivity contribution in [2.75, 3.05) is 13.1 Å². The van der Waals surface area contributed by atoms with E-state index < -0.39 is 0 Å². The summed E-state index contributed by atoms with van der Waals surface area (Å²) in [6.07, 6.45) is 0.833. The van der Waals surface area contributed by atoms with E-state index >= 15 is 0 Å². The number of benzene rings is 1. The molecule has 0 bridgehead atoms. The van der Waals surface area contributed by atoms with E-state index in [0.717, 1.165) is 21.2 Å². The molecule has 1 aromatic heterocycles. The van der Waals surface area contributed by atoms with Gasteiger partial charge in [0.25, 0.3) is 5.91 Å². The van der Waals surface area contributed by atoms with Gasteiger partial charge < -0.3 is 10.6 Å². The molecule has 3 nitrogen and oxygen atoms in total. The third-order valence-corrected chi connectivity index (χ3v) is 4.49. The Morgan fingerprint density at radius 1 is 1.24 bits per heavy atom. The fourth-order valence-corrected chi connectivity index (χ4v) is 3.22. The first-order valence-electron chi connectivity index (χ1n) is 6.96. The second-order valence-corrected chi connectivity index (χ2v) is 6.56. The average Bonchev–Trinajstić information content (AvgIpc) is 2.90. The highest BCUT2D eigenvalue weighted by atomic mass is 35.5. The maximum absolute atomic E-state index is 12.5. The fourth-order valence-electron chi connectivity index (χ4n) is 2.12. The number of nitrogens with two attached hydrogens (primary N) is 1. The molecule has 2 aromatic rings. The Bertz CT molecular complexity index is 595. The number of amides is 1. The van der Waals surface area contributed by atoms with Crippen molar-refractivity contribution in [3.05, 3.63) is 56.7 Å². The van der Waals surface area contributed by atoms with E-state index in [0.29, 0.717) is 25.2 Å². The largest absolute Gasteiger partial charge is 0.334 e. The normalized spacial score (nSPS) is 10.6. The minimum atomic E-state index is 0.0429. The molecule has 0 radical (unpaired) electrons. The van der Waals surface area contributed by atoms with Crippen molar-refractivity contribution in [3.63, 3.8) is 0 Å². The Balaban J connectivity index is 2.08. The van der Waals surface area contributed by atoms with Gasteiger partial charge in [0.15, 0.2) is 0 Å². The smallest absolute Gasteiger partial charge is 0.254 e. The third kappa shape index (κ3) is 4.30. The number of thiophene rings is 1. The molecule has 5 heteroatoms. The molecule has 0 aliphatic carbocycles. The highest BCUT2D eigenvalue weighted by Crippen LogP contribution is 2.23. The van der Waals surface area contributed by atoms with Crippen LogP contribution in [0, 0.1) is 0 Å². The first kappa shape index (κ1) is 16.0. The molecule has 0 unspecified atom stereocenters. The van der Waals surface area contributed by atoms with E-state index in [9.17, 15) is 4.79 Å². The van der Waals surface area contributed by atoms with Crippen LogP contribution in [-0.2, 0) is 13.0 Å². The molecule has 0 spiro atoms. The maximum Gasteiger partial charge on any atom is 0.254 e. The van der Waals surface area contributed by atoms with Crippen molar-refractivity contribution in [1.82, 2.24) is 4.90 Å². The molecule has 0 atom stereocenters. The van der Waals surface area contributed by atoms with E-state index in [1.54, 1.807) is 0 Å². The van der Waals surface area contributed by atoms with Gasteiger partial charge in [-0.2, -0.15) is 0 Å². The van der Waals surface area contributed by atoms with E-state index in [1.807, 2.05) is 48.2 Å². The lowest BCUT2D eigenvalue weighted by molar-refractivity contribution is 0.0754. The topological polar surface area (TPSA) is 46.3 Å². The van der Waals surface area contributed by atoms with Gasteiger partial charge >= 0.3 is 0 Å². The molecule has 0 saturated heterocycles. The van der Waals surface area contributed by atoms with Gasteiger partial charge in [-0.15, -0.1) is 11.3 Å². The van der Waals surface area contributed by atoms with Crippen LogP contribution in [0.1, 0.15) is 27.7 Å². The molecule has 0 aliphatic heterocycles. The second kappa shape index (κ2) is 7.59. The van der Waals surface area contributed by atoms with Gasteiger partial charge in [-0.25, -0.2) is 0 Å². The number of carbonyl (C=O) groups excluding carboxylic acids is 1. The summed E-state index contributed by atoms with van der Waals surface area (Å²) >= 11 is 7.45. The van der Waals surface area contributed by atoms with E-state index in [4.69, 9.17) is 17.3 Å². The van der Waals surface area contributed by atoms with Crippen LogP contribution in [0.3, 0.4) is 0 Å². The molecule has 2 N–H and O–H groups in total. The molecule has 1 aromatic carbocycles. The van der Waals surface area contributed by atoms with Gasteiger partial charge in [0.2, 0.25) is 0 Å². The molecule has 1 amide bonds. The molecule has 0 saturated carbocycles. The van der Waals surface area contributed by atoms with Crippen LogP contribution >= 0.6 is 22.9 Å². The lowest BCUT2D eigenvalue weighted by Crippen LogP contribution is -2.29.